The van der Waals surface area contributed by atoms with Crippen molar-refractivity contribution in [3.05, 3.63) is 35.4 Å². The van der Waals surface area contributed by atoms with Gasteiger partial charge in [0, 0.05) is 45.8 Å². The fourth-order valence-electron chi connectivity index (χ4n) is 1.88. The fraction of sp³-hybridized carbons (Fsp3) is 0.571. The summed E-state index contributed by atoms with van der Waals surface area (Å²) in [5.41, 5.74) is 13.8. The molecule has 0 radical (unpaired) electrons. The number of nitrogens with zero attached hydrogens (tertiary/aromatic N) is 1. The molecular weight excluding hydrogens is 224 g/mol. The van der Waals surface area contributed by atoms with Crippen LogP contribution in [-0.2, 0) is 6.54 Å². The molecule has 4 heteroatoms. The van der Waals surface area contributed by atoms with Gasteiger partial charge in [-0.1, -0.05) is 29.8 Å². The van der Waals surface area contributed by atoms with Crippen molar-refractivity contribution in [3.63, 3.8) is 0 Å². The van der Waals surface area contributed by atoms with Crippen molar-refractivity contribution in [3.8, 4) is 0 Å². The molecule has 0 bridgehead atoms. The molecule has 18 heavy (non-hydrogen) atoms. The average Bonchev–Trinajstić information content (AvgIpc) is 2.37. The zero-order valence-electron chi connectivity index (χ0n) is 11.4. The van der Waals surface area contributed by atoms with E-state index in [4.69, 9.17) is 11.5 Å². The molecule has 0 saturated heterocycles. The number of aryl methyl sites for hydroxylation is 1. The molecule has 4 nitrogen and oxygen atoms in total. The van der Waals surface area contributed by atoms with E-state index >= 15 is 0 Å². The van der Waals surface area contributed by atoms with Crippen LogP contribution in [0.1, 0.15) is 11.1 Å². The van der Waals surface area contributed by atoms with E-state index in [1.165, 1.54) is 11.1 Å². The summed E-state index contributed by atoms with van der Waals surface area (Å²) >= 11 is 0. The third-order valence-electron chi connectivity index (χ3n) is 2.95. The van der Waals surface area contributed by atoms with Crippen LogP contribution in [0.3, 0.4) is 0 Å². The summed E-state index contributed by atoms with van der Waals surface area (Å²) in [5, 5.41) is 3.45. The molecule has 0 heterocycles. The van der Waals surface area contributed by atoms with Crippen LogP contribution in [0.4, 0.5) is 0 Å². The molecule has 5 N–H and O–H groups in total. The summed E-state index contributed by atoms with van der Waals surface area (Å²) in [6.07, 6.45) is 0. The van der Waals surface area contributed by atoms with E-state index < -0.39 is 0 Å². The molecule has 0 amide bonds. The predicted octanol–water partition coefficient (Wildman–Crippen LogP) is 0.304. The third kappa shape index (κ3) is 6.12. The molecule has 0 saturated carbocycles. The monoisotopic (exact) mass is 250 g/mol. The minimum Gasteiger partial charge on any atom is -0.329 e. The second kappa shape index (κ2) is 9.05. The largest absolute Gasteiger partial charge is 0.329 e. The lowest BCUT2D eigenvalue weighted by Crippen LogP contribution is -2.38. The second-order valence-corrected chi connectivity index (χ2v) is 4.58. The first-order chi connectivity index (χ1) is 8.76. The molecule has 102 valence electrons. The van der Waals surface area contributed by atoms with Gasteiger partial charge in [0.25, 0.3) is 0 Å². The van der Waals surface area contributed by atoms with Gasteiger partial charge >= 0.3 is 0 Å². The maximum Gasteiger partial charge on any atom is 0.0206 e. The van der Waals surface area contributed by atoms with Crippen molar-refractivity contribution < 1.29 is 0 Å². The summed E-state index contributed by atoms with van der Waals surface area (Å²) < 4.78 is 0. The fourth-order valence-corrected chi connectivity index (χ4v) is 1.88. The van der Waals surface area contributed by atoms with Crippen LogP contribution in [0.5, 0.6) is 0 Å². The van der Waals surface area contributed by atoms with Gasteiger partial charge in [-0.25, -0.2) is 0 Å². The number of hydrogen-bond donors (Lipinski definition) is 3. The Hall–Kier alpha value is -0.940. The first-order valence-corrected chi connectivity index (χ1v) is 6.65. The molecule has 0 aliphatic rings. The lowest BCUT2D eigenvalue weighted by molar-refractivity contribution is 0.287. The van der Waals surface area contributed by atoms with E-state index in [9.17, 15) is 0 Å². The van der Waals surface area contributed by atoms with Gasteiger partial charge in [0.05, 0.1) is 0 Å². The van der Waals surface area contributed by atoms with Crippen molar-refractivity contribution in [2.75, 3.05) is 39.3 Å². The highest BCUT2D eigenvalue weighted by atomic mass is 15.1. The van der Waals surface area contributed by atoms with E-state index in [0.717, 1.165) is 32.7 Å². The van der Waals surface area contributed by atoms with Gasteiger partial charge in [-0.15, -0.1) is 0 Å². The minimum atomic E-state index is 0.692. The second-order valence-electron chi connectivity index (χ2n) is 4.58. The van der Waals surface area contributed by atoms with Gasteiger partial charge < -0.3 is 16.8 Å². The Morgan fingerprint density at radius 2 is 1.61 bits per heavy atom. The maximum absolute atomic E-state index is 5.57. The summed E-state index contributed by atoms with van der Waals surface area (Å²) in [5.74, 6) is 0. The van der Waals surface area contributed by atoms with E-state index in [-0.39, 0.29) is 0 Å². The number of nitrogens with one attached hydrogen (secondary N) is 1. The topological polar surface area (TPSA) is 67.3 Å². The summed E-state index contributed by atoms with van der Waals surface area (Å²) in [7, 11) is 0. The number of hydrogen-bond acceptors (Lipinski definition) is 4. The smallest absolute Gasteiger partial charge is 0.0206 e. The first-order valence-electron chi connectivity index (χ1n) is 6.65. The molecule has 0 aliphatic carbocycles. The van der Waals surface area contributed by atoms with Crippen LogP contribution in [0.25, 0.3) is 0 Å². The summed E-state index contributed by atoms with van der Waals surface area (Å²) in [6.45, 7) is 8.21. The Balaban J connectivity index is 2.18. The highest BCUT2D eigenvalue weighted by Crippen LogP contribution is 2.02. The van der Waals surface area contributed by atoms with E-state index in [0.29, 0.717) is 13.1 Å². The molecule has 0 aromatic heterocycles. The molecule has 0 atom stereocenters. The highest BCUT2D eigenvalue weighted by Gasteiger charge is 2.01. The van der Waals surface area contributed by atoms with Gasteiger partial charge in [0.2, 0.25) is 0 Å². The van der Waals surface area contributed by atoms with Crippen molar-refractivity contribution in [2.45, 2.75) is 13.5 Å². The SMILES string of the molecule is Cc1ccc(CNCCN(CCN)CCN)cc1. The lowest BCUT2D eigenvalue weighted by Gasteiger charge is -2.20. The number of benzene rings is 1. The zero-order chi connectivity index (χ0) is 13.2. The maximum atomic E-state index is 5.57. The zero-order valence-corrected chi connectivity index (χ0v) is 11.4. The Morgan fingerprint density at radius 3 is 2.17 bits per heavy atom. The van der Waals surface area contributed by atoms with Crippen molar-refractivity contribution in [2.24, 2.45) is 11.5 Å². The van der Waals surface area contributed by atoms with Gasteiger partial charge in [0.1, 0.15) is 0 Å². The molecule has 1 rings (SSSR count). The Bertz CT molecular complexity index is 304. The Labute approximate surface area is 110 Å². The van der Waals surface area contributed by atoms with E-state index in [1.807, 2.05) is 0 Å². The van der Waals surface area contributed by atoms with Gasteiger partial charge in [-0.2, -0.15) is 0 Å². The van der Waals surface area contributed by atoms with Crippen LogP contribution in [0.2, 0.25) is 0 Å². The Morgan fingerprint density at radius 1 is 1.00 bits per heavy atom. The Kier molecular flexibility index (Phi) is 7.60. The molecule has 0 unspecified atom stereocenters. The standard InChI is InChI=1S/C14H26N4/c1-13-2-4-14(5-3-13)12-17-8-11-18(9-6-15)10-7-16/h2-5,17H,6-12,15-16H2,1H3. The molecule has 0 aliphatic heterocycles. The van der Waals surface area contributed by atoms with Gasteiger partial charge in [0.15, 0.2) is 0 Å². The summed E-state index contributed by atoms with van der Waals surface area (Å²) in [6, 6.07) is 8.62. The lowest BCUT2D eigenvalue weighted by atomic mass is 10.1. The van der Waals surface area contributed by atoms with Crippen LogP contribution in [0, 0.1) is 6.92 Å². The van der Waals surface area contributed by atoms with Gasteiger partial charge in [-0.3, -0.25) is 4.90 Å². The summed E-state index contributed by atoms with van der Waals surface area (Å²) in [4.78, 5) is 2.29. The molecule has 0 spiro atoms. The predicted molar refractivity (Wildman–Crippen MR) is 77.4 cm³/mol. The van der Waals surface area contributed by atoms with E-state index in [2.05, 4.69) is 41.4 Å². The molecule has 1 aromatic rings. The van der Waals surface area contributed by atoms with Gasteiger partial charge in [-0.05, 0) is 12.5 Å². The van der Waals surface area contributed by atoms with Crippen LogP contribution in [-0.4, -0.2) is 44.2 Å². The average molecular weight is 250 g/mol. The number of nitrogens with two attached hydrogens (primary N) is 2. The third-order valence-corrected chi connectivity index (χ3v) is 2.95. The van der Waals surface area contributed by atoms with Crippen LogP contribution < -0.4 is 16.8 Å². The van der Waals surface area contributed by atoms with Crippen molar-refractivity contribution in [1.29, 1.82) is 0 Å². The molecule has 0 fully saturated rings. The van der Waals surface area contributed by atoms with Crippen LogP contribution >= 0.6 is 0 Å². The van der Waals surface area contributed by atoms with Crippen LogP contribution in [0.15, 0.2) is 24.3 Å². The van der Waals surface area contributed by atoms with Crippen molar-refractivity contribution >= 4 is 0 Å². The van der Waals surface area contributed by atoms with E-state index in [1.54, 1.807) is 0 Å². The highest BCUT2D eigenvalue weighted by molar-refractivity contribution is 5.20. The molecular formula is C14H26N4. The normalized spacial score (nSPS) is 11.1. The number of rotatable bonds is 9. The first kappa shape index (κ1) is 15.1. The van der Waals surface area contributed by atoms with Crippen molar-refractivity contribution in [1.82, 2.24) is 10.2 Å². The minimum absolute atomic E-state index is 0.692. The molecule has 1 aromatic carbocycles. The quantitative estimate of drug-likeness (QED) is 0.552.